The van der Waals surface area contributed by atoms with Gasteiger partial charge in [-0.15, -0.1) is 11.3 Å². The molecular formula is C15H18BrNOS. The first-order chi connectivity index (χ1) is 9.19. The highest BCUT2D eigenvalue weighted by Gasteiger charge is 2.03. The van der Waals surface area contributed by atoms with Crippen LogP contribution in [0.25, 0.3) is 0 Å². The maximum absolute atomic E-state index is 5.82. The van der Waals surface area contributed by atoms with E-state index in [2.05, 4.69) is 52.6 Å². The Kier molecular flexibility index (Phi) is 5.28. The number of rotatable bonds is 6. The Morgan fingerprint density at radius 2 is 2.21 bits per heavy atom. The summed E-state index contributed by atoms with van der Waals surface area (Å²) in [6, 6.07) is 10.2. The zero-order chi connectivity index (χ0) is 13.7. The summed E-state index contributed by atoms with van der Waals surface area (Å²) in [4.78, 5) is 1.30. The summed E-state index contributed by atoms with van der Waals surface area (Å²) >= 11 is 5.29. The Bertz CT molecular complexity index is 526. The summed E-state index contributed by atoms with van der Waals surface area (Å²) in [5.41, 5.74) is 1.08. The second kappa shape index (κ2) is 6.96. The van der Waals surface area contributed by atoms with Gasteiger partial charge >= 0.3 is 0 Å². The number of nitrogens with one attached hydrogen (secondary N) is 1. The van der Waals surface area contributed by atoms with Crippen LogP contribution in [0, 0.1) is 0 Å². The van der Waals surface area contributed by atoms with Gasteiger partial charge in [-0.05, 0) is 52.9 Å². The number of hydrogen-bond donors (Lipinski definition) is 1. The molecule has 0 aliphatic carbocycles. The van der Waals surface area contributed by atoms with E-state index in [1.54, 1.807) is 11.3 Å². The Hall–Kier alpha value is -1.00. The van der Waals surface area contributed by atoms with Crippen molar-refractivity contribution in [1.82, 2.24) is 0 Å². The van der Waals surface area contributed by atoms with E-state index in [9.17, 15) is 0 Å². The van der Waals surface area contributed by atoms with Crippen LogP contribution in [0.4, 0.5) is 5.69 Å². The minimum absolute atomic E-state index is 0.252. The summed E-state index contributed by atoms with van der Waals surface area (Å²) in [6.07, 6.45) is 1.27. The van der Waals surface area contributed by atoms with Gasteiger partial charge < -0.3 is 10.1 Å². The quantitative estimate of drug-likeness (QED) is 0.770. The van der Waals surface area contributed by atoms with Gasteiger partial charge in [-0.1, -0.05) is 13.0 Å². The highest BCUT2D eigenvalue weighted by molar-refractivity contribution is 9.10. The predicted octanol–water partition coefficient (Wildman–Crippen LogP) is 5.30. The van der Waals surface area contributed by atoms with Gasteiger partial charge in [0.15, 0.2) is 0 Å². The van der Waals surface area contributed by atoms with Crippen molar-refractivity contribution in [1.29, 1.82) is 0 Å². The van der Waals surface area contributed by atoms with Crippen molar-refractivity contribution >= 4 is 33.0 Å². The Labute approximate surface area is 126 Å². The number of ether oxygens (including phenoxy) is 1. The molecule has 0 fully saturated rings. The van der Waals surface area contributed by atoms with Crippen molar-refractivity contribution in [2.24, 2.45) is 0 Å². The monoisotopic (exact) mass is 339 g/mol. The molecule has 0 aliphatic rings. The van der Waals surface area contributed by atoms with Crippen LogP contribution in [0.15, 0.2) is 40.2 Å². The lowest BCUT2D eigenvalue weighted by Gasteiger charge is -2.14. The molecule has 0 spiro atoms. The molecule has 1 aromatic heterocycles. The van der Waals surface area contributed by atoms with Crippen LogP contribution in [-0.2, 0) is 6.54 Å². The van der Waals surface area contributed by atoms with Gasteiger partial charge in [0.2, 0.25) is 0 Å². The molecule has 4 heteroatoms. The maximum atomic E-state index is 5.82. The average molecular weight is 340 g/mol. The summed E-state index contributed by atoms with van der Waals surface area (Å²) < 4.78 is 6.98. The maximum Gasteiger partial charge on any atom is 0.121 e. The molecule has 1 N–H and O–H groups in total. The minimum atomic E-state index is 0.252. The van der Waals surface area contributed by atoms with E-state index in [1.807, 2.05) is 18.2 Å². The third kappa shape index (κ3) is 4.25. The standard InChI is InChI=1S/C15H18BrNOS/c1-3-11(2)18-13-6-4-5-12(9-13)17-10-15-14(16)7-8-19-15/h4-9,11,17H,3,10H2,1-2H3. The van der Waals surface area contributed by atoms with Crippen molar-refractivity contribution in [3.05, 3.63) is 45.1 Å². The first-order valence-corrected chi connectivity index (χ1v) is 8.08. The summed E-state index contributed by atoms with van der Waals surface area (Å²) in [7, 11) is 0. The smallest absolute Gasteiger partial charge is 0.121 e. The van der Waals surface area contributed by atoms with Crippen LogP contribution in [0.3, 0.4) is 0 Å². The largest absolute Gasteiger partial charge is 0.491 e. The van der Waals surface area contributed by atoms with Gasteiger partial charge in [0.05, 0.1) is 12.6 Å². The SMILES string of the molecule is CCC(C)Oc1cccc(NCc2sccc2Br)c1. The number of benzene rings is 1. The number of halogens is 1. The summed E-state index contributed by atoms with van der Waals surface area (Å²) in [5, 5.41) is 5.51. The highest BCUT2D eigenvalue weighted by Crippen LogP contribution is 2.25. The molecule has 1 unspecified atom stereocenters. The van der Waals surface area contributed by atoms with Crippen LogP contribution in [-0.4, -0.2) is 6.10 Å². The lowest BCUT2D eigenvalue weighted by atomic mass is 10.2. The third-order valence-electron chi connectivity index (χ3n) is 2.89. The lowest BCUT2D eigenvalue weighted by molar-refractivity contribution is 0.217. The van der Waals surface area contributed by atoms with Crippen molar-refractivity contribution in [2.45, 2.75) is 32.9 Å². The molecule has 0 saturated carbocycles. The second-order valence-electron chi connectivity index (χ2n) is 4.41. The Morgan fingerprint density at radius 3 is 2.89 bits per heavy atom. The van der Waals surface area contributed by atoms with E-state index < -0.39 is 0 Å². The van der Waals surface area contributed by atoms with E-state index in [4.69, 9.17) is 4.74 Å². The molecule has 0 amide bonds. The molecule has 0 radical (unpaired) electrons. The molecule has 19 heavy (non-hydrogen) atoms. The fourth-order valence-electron chi connectivity index (χ4n) is 1.63. The van der Waals surface area contributed by atoms with Gasteiger partial charge in [-0.25, -0.2) is 0 Å². The van der Waals surface area contributed by atoms with E-state index in [0.29, 0.717) is 0 Å². The minimum Gasteiger partial charge on any atom is -0.491 e. The normalized spacial score (nSPS) is 12.2. The summed E-state index contributed by atoms with van der Waals surface area (Å²) in [6.45, 7) is 5.04. The van der Waals surface area contributed by atoms with Gasteiger partial charge in [-0.2, -0.15) is 0 Å². The first-order valence-electron chi connectivity index (χ1n) is 6.41. The molecule has 0 aliphatic heterocycles. The predicted molar refractivity (Wildman–Crippen MR) is 86.2 cm³/mol. The molecular weight excluding hydrogens is 322 g/mol. The van der Waals surface area contributed by atoms with Crippen LogP contribution >= 0.6 is 27.3 Å². The van der Waals surface area contributed by atoms with Gasteiger partial charge in [0.25, 0.3) is 0 Å². The molecule has 2 rings (SSSR count). The average Bonchev–Trinajstić information content (AvgIpc) is 2.82. The van der Waals surface area contributed by atoms with Crippen molar-refractivity contribution in [2.75, 3.05) is 5.32 Å². The fraction of sp³-hybridized carbons (Fsp3) is 0.333. The highest BCUT2D eigenvalue weighted by atomic mass is 79.9. The van der Waals surface area contributed by atoms with Crippen molar-refractivity contribution < 1.29 is 4.74 Å². The molecule has 1 atom stereocenters. The van der Waals surface area contributed by atoms with E-state index in [-0.39, 0.29) is 6.10 Å². The van der Waals surface area contributed by atoms with Crippen LogP contribution in [0.2, 0.25) is 0 Å². The first kappa shape index (κ1) is 14.4. The van der Waals surface area contributed by atoms with Crippen LogP contribution in [0.5, 0.6) is 5.75 Å². The zero-order valence-electron chi connectivity index (χ0n) is 11.2. The molecule has 2 nitrogen and oxygen atoms in total. The van der Waals surface area contributed by atoms with E-state index >= 15 is 0 Å². The van der Waals surface area contributed by atoms with Crippen molar-refractivity contribution in [3.63, 3.8) is 0 Å². The fourth-order valence-corrected chi connectivity index (χ4v) is 3.06. The Balaban J connectivity index is 1.97. The molecule has 0 saturated heterocycles. The second-order valence-corrected chi connectivity index (χ2v) is 6.26. The van der Waals surface area contributed by atoms with Gasteiger partial charge in [0.1, 0.15) is 5.75 Å². The van der Waals surface area contributed by atoms with E-state index in [0.717, 1.165) is 28.9 Å². The molecule has 0 bridgehead atoms. The molecule has 1 aromatic carbocycles. The molecule has 2 aromatic rings. The van der Waals surface area contributed by atoms with Crippen LogP contribution in [0.1, 0.15) is 25.1 Å². The lowest BCUT2D eigenvalue weighted by Crippen LogP contribution is -2.09. The third-order valence-corrected chi connectivity index (χ3v) is 4.82. The molecule has 102 valence electrons. The zero-order valence-corrected chi connectivity index (χ0v) is 13.6. The van der Waals surface area contributed by atoms with E-state index in [1.165, 1.54) is 4.88 Å². The molecule has 1 heterocycles. The van der Waals surface area contributed by atoms with Gasteiger partial charge in [-0.3, -0.25) is 0 Å². The van der Waals surface area contributed by atoms with Crippen molar-refractivity contribution in [3.8, 4) is 5.75 Å². The summed E-state index contributed by atoms with van der Waals surface area (Å²) in [5.74, 6) is 0.921. The van der Waals surface area contributed by atoms with Gasteiger partial charge in [0, 0.05) is 21.1 Å². The topological polar surface area (TPSA) is 21.3 Å². The number of thiophene rings is 1. The number of anilines is 1. The Morgan fingerprint density at radius 1 is 1.37 bits per heavy atom. The number of hydrogen-bond acceptors (Lipinski definition) is 3. The van der Waals surface area contributed by atoms with Crippen LogP contribution < -0.4 is 10.1 Å².